The van der Waals surface area contributed by atoms with Crippen LogP contribution in [0.5, 0.6) is 0 Å². The summed E-state index contributed by atoms with van der Waals surface area (Å²) in [7, 11) is 3.38. The van der Waals surface area contributed by atoms with E-state index in [4.69, 9.17) is 9.47 Å². The van der Waals surface area contributed by atoms with Gasteiger partial charge in [0.15, 0.2) is 5.96 Å². The van der Waals surface area contributed by atoms with E-state index in [1.165, 1.54) is 0 Å². The van der Waals surface area contributed by atoms with Crippen molar-refractivity contribution in [3.8, 4) is 0 Å². The Labute approximate surface area is 140 Å². The summed E-state index contributed by atoms with van der Waals surface area (Å²) in [5.41, 5.74) is -0.482. The minimum atomic E-state index is -0.482. The molecule has 0 rings (SSSR count). The average Bonchev–Trinajstić information content (AvgIpc) is 2.43. The zero-order valence-electron chi connectivity index (χ0n) is 15.7. The Hall–Kier alpha value is -1.50. The van der Waals surface area contributed by atoms with Crippen LogP contribution in [0.1, 0.15) is 41.0 Å². The second-order valence-electron chi connectivity index (χ2n) is 6.47. The number of amides is 1. The number of aliphatic imine (C=N–C) groups is 1. The quantitative estimate of drug-likeness (QED) is 0.525. The number of guanidine groups is 1. The van der Waals surface area contributed by atoms with Gasteiger partial charge in [-0.2, -0.15) is 0 Å². The molecular weight excluding hydrogens is 296 g/mol. The lowest BCUT2D eigenvalue weighted by Crippen LogP contribution is -2.47. The van der Waals surface area contributed by atoms with Gasteiger partial charge in [0.1, 0.15) is 5.60 Å². The lowest BCUT2D eigenvalue weighted by molar-refractivity contribution is 0.0253. The number of hydrogen-bond donors (Lipinski definition) is 2. The molecule has 0 aromatic carbocycles. The van der Waals surface area contributed by atoms with Crippen molar-refractivity contribution in [1.29, 1.82) is 0 Å². The number of ether oxygens (including phenoxy) is 2. The first-order chi connectivity index (χ1) is 10.7. The maximum absolute atomic E-state index is 12.2. The summed E-state index contributed by atoms with van der Waals surface area (Å²) < 4.78 is 10.5. The van der Waals surface area contributed by atoms with Crippen LogP contribution in [-0.4, -0.2) is 69.0 Å². The zero-order valence-corrected chi connectivity index (χ0v) is 15.7. The van der Waals surface area contributed by atoms with Crippen LogP contribution >= 0.6 is 0 Å². The number of nitrogens with one attached hydrogen (secondary N) is 2. The average molecular weight is 330 g/mol. The normalized spacial score (nSPS) is 13.4. The van der Waals surface area contributed by atoms with Crippen LogP contribution in [0.25, 0.3) is 0 Å². The fraction of sp³-hybridized carbons (Fsp3) is 0.875. The van der Waals surface area contributed by atoms with Crippen molar-refractivity contribution in [2.45, 2.75) is 52.7 Å². The molecule has 0 saturated heterocycles. The van der Waals surface area contributed by atoms with Gasteiger partial charge in [-0.05, 0) is 34.1 Å². The fourth-order valence-corrected chi connectivity index (χ4v) is 1.92. The molecule has 7 heteroatoms. The summed E-state index contributed by atoms with van der Waals surface area (Å²) in [6, 6.07) is 0.156. The molecule has 0 bridgehead atoms. The first kappa shape index (κ1) is 21.5. The van der Waals surface area contributed by atoms with E-state index in [-0.39, 0.29) is 12.1 Å². The Morgan fingerprint density at radius 3 is 2.43 bits per heavy atom. The SMILES string of the molecule is CCCN(CCNC(=NC)NC(C)COC)C(=O)OC(C)(C)C. The molecule has 0 aromatic rings. The lowest BCUT2D eigenvalue weighted by Gasteiger charge is -2.27. The van der Waals surface area contributed by atoms with Crippen LogP contribution in [-0.2, 0) is 9.47 Å². The highest BCUT2D eigenvalue weighted by molar-refractivity contribution is 5.80. The molecule has 0 aliphatic carbocycles. The van der Waals surface area contributed by atoms with Gasteiger partial charge in [0.05, 0.1) is 6.61 Å². The van der Waals surface area contributed by atoms with E-state index in [1.807, 2.05) is 34.6 Å². The molecule has 7 nitrogen and oxygen atoms in total. The number of rotatable bonds is 8. The molecule has 23 heavy (non-hydrogen) atoms. The van der Waals surface area contributed by atoms with Gasteiger partial charge in [0.25, 0.3) is 0 Å². The zero-order chi connectivity index (χ0) is 17.9. The van der Waals surface area contributed by atoms with Crippen LogP contribution in [0.4, 0.5) is 4.79 Å². The maximum atomic E-state index is 12.2. The van der Waals surface area contributed by atoms with E-state index in [0.29, 0.717) is 32.2 Å². The van der Waals surface area contributed by atoms with Crippen molar-refractivity contribution >= 4 is 12.1 Å². The maximum Gasteiger partial charge on any atom is 0.410 e. The third kappa shape index (κ3) is 10.8. The predicted octanol–water partition coefficient (Wildman–Crippen LogP) is 1.83. The Bertz CT molecular complexity index is 367. The van der Waals surface area contributed by atoms with E-state index >= 15 is 0 Å². The third-order valence-electron chi connectivity index (χ3n) is 2.84. The second-order valence-corrected chi connectivity index (χ2v) is 6.47. The molecule has 2 N–H and O–H groups in total. The van der Waals surface area contributed by atoms with Gasteiger partial charge in [0.2, 0.25) is 0 Å². The van der Waals surface area contributed by atoms with Gasteiger partial charge >= 0.3 is 6.09 Å². The van der Waals surface area contributed by atoms with E-state index < -0.39 is 5.60 Å². The molecule has 1 amide bonds. The number of carbonyl (C=O) groups is 1. The lowest BCUT2D eigenvalue weighted by atomic mass is 10.2. The summed E-state index contributed by atoms with van der Waals surface area (Å²) in [5.74, 6) is 0.690. The number of carbonyl (C=O) groups excluding carboxylic acids is 1. The van der Waals surface area contributed by atoms with E-state index in [2.05, 4.69) is 15.6 Å². The van der Waals surface area contributed by atoms with Gasteiger partial charge < -0.3 is 25.0 Å². The molecule has 1 atom stereocenters. The fourth-order valence-electron chi connectivity index (χ4n) is 1.92. The Morgan fingerprint density at radius 2 is 1.96 bits per heavy atom. The molecule has 0 saturated carbocycles. The van der Waals surface area contributed by atoms with Crippen molar-refractivity contribution in [1.82, 2.24) is 15.5 Å². The van der Waals surface area contributed by atoms with Crippen LogP contribution in [0.15, 0.2) is 4.99 Å². The predicted molar refractivity (Wildman–Crippen MR) is 93.9 cm³/mol. The van der Waals surface area contributed by atoms with E-state index in [0.717, 1.165) is 6.42 Å². The van der Waals surface area contributed by atoms with Crippen LogP contribution in [0.3, 0.4) is 0 Å². The summed E-state index contributed by atoms with van der Waals surface area (Å²) in [4.78, 5) is 18.0. The van der Waals surface area contributed by atoms with Crippen LogP contribution < -0.4 is 10.6 Å². The first-order valence-electron chi connectivity index (χ1n) is 8.17. The topological polar surface area (TPSA) is 75.2 Å². The highest BCUT2D eigenvalue weighted by Gasteiger charge is 2.21. The molecule has 0 radical (unpaired) electrons. The van der Waals surface area contributed by atoms with Crippen molar-refractivity contribution in [2.24, 2.45) is 4.99 Å². The van der Waals surface area contributed by atoms with Crippen molar-refractivity contribution in [2.75, 3.05) is 40.4 Å². The van der Waals surface area contributed by atoms with E-state index in [1.54, 1.807) is 19.1 Å². The highest BCUT2D eigenvalue weighted by Crippen LogP contribution is 2.10. The van der Waals surface area contributed by atoms with Crippen molar-refractivity contribution < 1.29 is 14.3 Å². The van der Waals surface area contributed by atoms with Gasteiger partial charge in [-0.15, -0.1) is 0 Å². The summed E-state index contributed by atoms with van der Waals surface area (Å²) in [6.07, 6.45) is 0.605. The third-order valence-corrected chi connectivity index (χ3v) is 2.84. The van der Waals surface area contributed by atoms with Gasteiger partial charge in [-0.25, -0.2) is 4.79 Å². The van der Waals surface area contributed by atoms with Crippen molar-refractivity contribution in [3.63, 3.8) is 0 Å². The standard InChI is InChI=1S/C16H34N4O3/c1-8-10-20(15(21)23-16(3,4)5)11-9-18-14(17-6)19-13(2)12-22-7/h13H,8-12H2,1-7H3,(H2,17,18,19). The molecule has 0 fully saturated rings. The monoisotopic (exact) mass is 330 g/mol. The highest BCUT2D eigenvalue weighted by atomic mass is 16.6. The minimum absolute atomic E-state index is 0.156. The Balaban J connectivity index is 4.38. The molecule has 0 aromatic heterocycles. The first-order valence-corrected chi connectivity index (χ1v) is 8.17. The van der Waals surface area contributed by atoms with Gasteiger partial charge in [0, 0.05) is 39.8 Å². The molecule has 1 unspecified atom stereocenters. The molecule has 0 spiro atoms. The molecule has 0 aliphatic rings. The molecule has 0 aliphatic heterocycles. The largest absolute Gasteiger partial charge is 0.444 e. The number of methoxy groups -OCH3 is 1. The van der Waals surface area contributed by atoms with Crippen molar-refractivity contribution in [3.05, 3.63) is 0 Å². The van der Waals surface area contributed by atoms with Gasteiger partial charge in [-0.3, -0.25) is 4.99 Å². The number of hydrogen-bond acceptors (Lipinski definition) is 4. The molecule has 136 valence electrons. The Kier molecular flexibility index (Phi) is 10.4. The molecule has 0 heterocycles. The summed E-state index contributed by atoms with van der Waals surface area (Å²) in [5, 5.41) is 6.42. The molecular formula is C16H34N4O3. The summed E-state index contributed by atoms with van der Waals surface area (Å²) in [6.45, 7) is 12.1. The summed E-state index contributed by atoms with van der Waals surface area (Å²) >= 11 is 0. The second kappa shape index (κ2) is 11.1. The van der Waals surface area contributed by atoms with E-state index in [9.17, 15) is 4.79 Å². The van der Waals surface area contributed by atoms with Crippen LogP contribution in [0, 0.1) is 0 Å². The number of nitrogens with zero attached hydrogens (tertiary/aromatic N) is 2. The minimum Gasteiger partial charge on any atom is -0.444 e. The Morgan fingerprint density at radius 1 is 1.30 bits per heavy atom. The van der Waals surface area contributed by atoms with Gasteiger partial charge in [-0.1, -0.05) is 6.92 Å². The van der Waals surface area contributed by atoms with Crippen LogP contribution in [0.2, 0.25) is 0 Å². The smallest absolute Gasteiger partial charge is 0.410 e.